The summed E-state index contributed by atoms with van der Waals surface area (Å²) in [5, 5.41) is 9.32. The maximum Gasteiger partial charge on any atom is 0.221 e. The van der Waals surface area contributed by atoms with Gasteiger partial charge in [-0.15, -0.1) is 0 Å². The fourth-order valence-corrected chi connectivity index (χ4v) is 2.14. The number of ether oxygens (including phenoxy) is 1. The fourth-order valence-electron chi connectivity index (χ4n) is 2.14. The lowest BCUT2D eigenvalue weighted by Crippen LogP contribution is -2.40. The number of hydrogen-bond acceptors (Lipinski definition) is 3. The fraction of sp³-hybridized carbons (Fsp3) is 0.556. The Bertz CT molecular complexity index is 558. The third kappa shape index (κ3) is 6.89. The highest BCUT2D eigenvalue weighted by Gasteiger charge is 2.07. The SMILES string of the molecule is CCC(C)NC(=O)CCNC(=NC)NCc1ccc(C)cc1OC. The molecule has 0 aliphatic carbocycles. The van der Waals surface area contributed by atoms with E-state index in [2.05, 4.69) is 27.0 Å². The smallest absolute Gasteiger partial charge is 0.221 e. The molecule has 0 aliphatic rings. The Labute approximate surface area is 145 Å². The summed E-state index contributed by atoms with van der Waals surface area (Å²) in [6.07, 6.45) is 1.35. The van der Waals surface area contributed by atoms with Gasteiger partial charge in [-0.25, -0.2) is 0 Å². The van der Waals surface area contributed by atoms with E-state index in [9.17, 15) is 4.79 Å². The molecule has 24 heavy (non-hydrogen) atoms. The predicted molar refractivity (Wildman–Crippen MR) is 98.4 cm³/mol. The molecular formula is C18H30N4O2. The van der Waals surface area contributed by atoms with Gasteiger partial charge in [-0.1, -0.05) is 19.1 Å². The van der Waals surface area contributed by atoms with Crippen molar-refractivity contribution in [3.8, 4) is 5.75 Å². The topological polar surface area (TPSA) is 74.8 Å². The molecule has 0 heterocycles. The molecule has 0 aliphatic heterocycles. The van der Waals surface area contributed by atoms with Crippen LogP contribution in [-0.4, -0.2) is 38.6 Å². The molecule has 0 bridgehead atoms. The normalized spacial score (nSPS) is 12.5. The average molecular weight is 334 g/mol. The second-order valence-corrected chi connectivity index (χ2v) is 5.79. The summed E-state index contributed by atoms with van der Waals surface area (Å²) in [6, 6.07) is 6.30. The molecule has 1 rings (SSSR count). The van der Waals surface area contributed by atoms with Crippen molar-refractivity contribution in [3.63, 3.8) is 0 Å². The molecular weight excluding hydrogens is 304 g/mol. The molecule has 1 atom stereocenters. The van der Waals surface area contributed by atoms with Gasteiger partial charge < -0.3 is 20.7 Å². The van der Waals surface area contributed by atoms with Crippen molar-refractivity contribution in [2.45, 2.75) is 46.2 Å². The minimum atomic E-state index is 0.0486. The monoisotopic (exact) mass is 334 g/mol. The van der Waals surface area contributed by atoms with Gasteiger partial charge in [0.1, 0.15) is 5.75 Å². The van der Waals surface area contributed by atoms with Crippen LogP contribution in [0.1, 0.15) is 37.8 Å². The van der Waals surface area contributed by atoms with E-state index in [0.29, 0.717) is 25.5 Å². The van der Waals surface area contributed by atoms with Gasteiger partial charge >= 0.3 is 0 Å². The van der Waals surface area contributed by atoms with Crippen LogP contribution in [0.5, 0.6) is 5.75 Å². The molecule has 0 radical (unpaired) electrons. The lowest BCUT2D eigenvalue weighted by Gasteiger charge is -2.15. The van der Waals surface area contributed by atoms with E-state index in [1.165, 1.54) is 0 Å². The first-order valence-corrected chi connectivity index (χ1v) is 8.37. The van der Waals surface area contributed by atoms with Crippen LogP contribution in [0.15, 0.2) is 23.2 Å². The predicted octanol–water partition coefficient (Wildman–Crippen LogP) is 1.97. The summed E-state index contributed by atoms with van der Waals surface area (Å²) in [5.41, 5.74) is 2.21. The number of nitrogens with zero attached hydrogens (tertiary/aromatic N) is 1. The highest BCUT2D eigenvalue weighted by atomic mass is 16.5. The van der Waals surface area contributed by atoms with E-state index in [1.807, 2.05) is 32.9 Å². The van der Waals surface area contributed by atoms with Gasteiger partial charge in [0.05, 0.1) is 7.11 Å². The summed E-state index contributed by atoms with van der Waals surface area (Å²) >= 11 is 0. The van der Waals surface area contributed by atoms with E-state index in [1.54, 1.807) is 14.2 Å². The van der Waals surface area contributed by atoms with Gasteiger partial charge in [-0.2, -0.15) is 0 Å². The van der Waals surface area contributed by atoms with Crippen molar-refractivity contribution in [3.05, 3.63) is 29.3 Å². The highest BCUT2D eigenvalue weighted by Crippen LogP contribution is 2.19. The molecule has 1 aromatic rings. The van der Waals surface area contributed by atoms with Crippen LogP contribution in [0.2, 0.25) is 0 Å². The minimum Gasteiger partial charge on any atom is -0.496 e. The summed E-state index contributed by atoms with van der Waals surface area (Å²) < 4.78 is 5.40. The van der Waals surface area contributed by atoms with Crippen molar-refractivity contribution in [1.29, 1.82) is 0 Å². The molecule has 6 nitrogen and oxygen atoms in total. The van der Waals surface area contributed by atoms with E-state index in [-0.39, 0.29) is 11.9 Å². The van der Waals surface area contributed by atoms with E-state index in [4.69, 9.17) is 4.74 Å². The number of rotatable bonds is 8. The number of guanidine groups is 1. The van der Waals surface area contributed by atoms with Gasteiger partial charge in [0, 0.05) is 38.2 Å². The Morgan fingerprint density at radius 1 is 1.33 bits per heavy atom. The zero-order valence-electron chi connectivity index (χ0n) is 15.4. The number of nitrogens with one attached hydrogen (secondary N) is 3. The Morgan fingerprint density at radius 3 is 2.71 bits per heavy atom. The molecule has 0 saturated carbocycles. The van der Waals surface area contributed by atoms with Crippen LogP contribution < -0.4 is 20.7 Å². The average Bonchev–Trinajstić information content (AvgIpc) is 2.58. The first kappa shape index (κ1) is 19.8. The van der Waals surface area contributed by atoms with Crippen molar-refractivity contribution >= 4 is 11.9 Å². The Hall–Kier alpha value is -2.24. The Morgan fingerprint density at radius 2 is 2.08 bits per heavy atom. The largest absolute Gasteiger partial charge is 0.496 e. The first-order valence-electron chi connectivity index (χ1n) is 8.37. The lowest BCUT2D eigenvalue weighted by atomic mass is 10.1. The molecule has 3 N–H and O–H groups in total. The number of carbonyl (C=O) groups excluding carboxylic acids is 1. The maximum absolute atomic E-state index is 11.7. The molecule has 134 valence electrons. The third-order valence-corrected chi connectivity index (χ3v) is 3.78. The summed E-state index contributed by atoms with van der Waals surface area (Å²) in [4.78, 5) is 15.9. The van der Waals surface area contributed by atoms with Crippen molar-refractivity contribution < 1.29 is 9.53 Å². The van der Waals surface area contributed by atoms with Crippen molar-refractivity contribution in [2.24, 2.45) is 4.99 Å². The maximum atomic E-state index is 11.7. The second-order valence-electron chi connectivity index (χ2n) is 5.79. The van der Waals surface area contributed by atoms with Crippen molar-refractivity contribution in [2.75, 3.05) is 20.7 Å². The number of aryl methyl sites for hydroxylation is 1. The number of hydrogen-bond donors (Lipinski definition) is 3. The number of benzene rings is 1. The zero-order chi connectivity index (χ0) is 17.9. The summed E-state index contributed by atoms with van der Waals surface area (Å²) in [7, 11) is 3.38. The summed E-state index contributed by atoms with van der Waals surface area (Å²) in [5.74, 6) is 1.56. The van der Waals surface area contributed by atoms with E-state index < -0.39 is 0 Å². The molecule has 0 fully saturated rings. The van der Waals surface area contributed by atoms with Gasteiger partial charge in [0.25, 0.3) is 0 Å². The van der Waals surface area contributed by atoms with Gasteiger partial charge in [-0.05, 0) is 31.9 Å². The number of methoxy groups -OCH3 is 1. The number of aliphatic imine (C=N–C) groups is 1. The molecule has 0 spiro atoms. The molecule has 1 unspecified atom stereocenters. The first-order chi connectivity index (χ1) is 11.5. The van der Waals surface area contributed by atoms with Crippen LogP contribution in [0.3, 0.4) is 0 Å². The van der Waals surface area contributed by atoms with Crippen LogP contribution in [0.25, 0.3) is 0 Å². The highest BCUT2D eigenvalue weighted by molar-refractivity contribution is 5.81. The van der Waals surface area contributed by atoms with Crippen LogP contribution in [-0.2, 0) is 11.3 Å². The van der Waals surface area contributed by atoms with E-state index >= 15 is 0 Å². The Kier molecular flexibility index (Phi) is 8.68. The minimum absolute atomic E-state index is 0.0486. The van der Waals surface area contributed by atoms with Crippen LogP contribution >= 0.6 is 0 Å². The second kappa shape index (κ2) is 10.5. The quantitative estimate of drug-likeness (QED) is 0.502. The summed E-state index contributed by atoms with van der Waals surface area (Å²) in [6.45, 7) is 7.22. The molecule has 1 amide bonds. The standard InChI is InChI=1S/C18H30N4O2/c1-6-14(3)22-17(23)9-10-20-18(19-4)21-12-15-8-7-13(2)11-16(15)24-5/h7-8,11,14H,6,9-10,12H2,1-5H3,(H,22,23)(H2,19,20,21). The van der Waals surface area contributed by atoms with Crippen LogP contribution in [0.4, 0.5) is 0 Å². The Balaban J connectivity index is 2.42. The number of carbonyl (C=O) groups is 1. The molecule has 0 saturated heterocycles. The number of amides is 1. The molecule has 1 aromatic carbocycles. The van der Waals surface area contributed by atoms with E-state index in [0.717, 1.165) is 23.3 Å². The van der Waals surface area contributed by atoms with Gasteiger partial charge in [0.2, 0.25) is 5.91 Å². The molecule has 0 aromatic heterocycles. The molecule has 6 heteroatoms. The van der Waals surface area contributed by atoms with Crippen LogP contribution in [0, 0.1) is 6.92 Å². The third-order valence-electron chi connectivity index (χ3n) is 3.78. The van der Waals surface area contributed by atoms with Crippen molar-refractivity contribution in [1.82, 2.24) is 16.0 Å². The lowest BCUT2D eigenvalue weighted by molar-refractivity contribution is -0.121. The van der Waals surface area contributed by atoms with Gasteiger partial charge in [-0.3, -0.25) is 9.79 Å². The van der Waals surface area contributed by atoms with Gasteiger partial charge in [0.15, 0.2) is 5.96 Å². The zero-order valence-corrected chi connectivity index (χ0v) is 15.4.